The van der Waals surface area contributed by atoms with E-state index in [9.17, 15) is 14.4 Å². The maximum atomic E-state index is 15.4. The maximum Gasteiger partial charge on any atom is 0.251 e. The predicted molar refractivity (Wildman–Crippen MR) is 157 cm³/mol. The zero-order valence-corrected chi connectivity index (χ0v) is 23.6. The fourth-order valence-electron chi connectivity index (χ4n) is 5.61. The number of fused-ring (bicyclic) bond motifs is 1. The predicted octanol–water partition coefficient (Wildman–Crippen LogP) is 5.20. The minimum atomic E-state index is -1.16. The quantitative estimate of drug-likeness (QED) is 0.270. The number of anilines is 1. The number of hydrogen-bond acceptors (Lipinski definition) is 8. The molecule has 9 nitrogen and oxygen atoms in total. The summed E-state index contributed by atoms with van der Waals surface area (Å²) in [7, 11) is 1.49. The molecule has 2 saturated heterocycles. The highest BCUT2D eigenvalue weighted by atomic mass is 19.1. The normalized spacial score (nSPS) is 19.1. The summed E-state index contributed by atoms with van der Waals surface area (Å²) in [6.45, 7) is 2.02. The van der Waals surface area contributed by atoms with Crippen LogP contribution in [0.1, 0.15) is 35.2 Å². The van der Waals surface area contributed by atoms with E-state index in [0.29, 0.717) is 71.0 Å². The Morgan fingerprint density at radius 3 is 2.74 bits per heavy atom. The summed E-state index contributed by atoms with van der Waals surface area (Å²) in [5.41, 5.74) is 3.26. The summed E-state index contributed by atoms with van der Waals surface area (Å²) in [4.78, 5) is 17.3. The number of halogens is 2. The summed E-state index contributed by atoms with van der Waals surface area (Å²) < 4.78 is 46.9. The average Bonchev–Trinajstić information content (AvgIpc) is 3.47. The topological polar surface area (TPSA) is 121 Å². The van der Waals surface area contributed by atoms with Crippen LogP contribution in [-0.4, -0.2) is 62.6 Å². The number of nitrogens with zero attached hydrogens (tertiary/aromatic N) is 2. The molecule has 1 amide bonds. The van der Waals surface area contributed by atoms with E-state index in [2.05, 4.69) is 27.0 Å². The van der Waals surface area contributed by atoms with Crippen molar-refractivity contribution in [3.63, 3.8) is 0 Å². The average molecular weight is 588 g/mol. The molecule has 0 spiro atoms. The van der Waals surface area contributed by atoms with Gasteiger partial charge in [0.1, 0.15) is 35.1 Å². The summed E-state index contributed by atoms with van der Waals surface area (Å²) in [5.74, 6) is -0.106. The largest absolute Gasteiger partial charge is 0.496 e. The summed E-state index contributed by atoms with van der Waals surface area (Å²) in [5, 5.41) is 18.8. The molecule has 0 bridgehead atoms. The van der Waals surface area contributed by atoms with Gasteiger partial charge in [-0.05, 0) is 67.8 Å². The zero-order valence-electron chi connectivity index (χ0n) is 23.6. The Labute approximate surface area is 247 Å². The molecule has 3 N–H and O–H groups in total. The summed E-state index contributed by atoms with van der Waals surface area (Å²) in [6, 6.07) is 13.0. The molecule has 43 heavy (non-hydrogen) atoms. The Kier molecular flexibility index (Phi) is 8.22. The molecule has 11 heteroatoms. The minimum absolute atomic E-state index is 0.0269. The Morgan fingerprint density at radius 1 is 1.14 bits per heavy atom. The highest BCUT2D eigenvalue weighted by Gasteiger charge is 2.27. The van der Waals surface area contributed by atoms with Crippen molar-refractivity contribution < 1.29 is 27.5 Å². The SMILES string of the molecule is COc1cc(C(=O)N[C@@H]2CCNC[C@@H]2F)ccc1-c1cc2nccc(-c3cc(F)c(NC4CCOCC4)c(C#N)c3)c2o1. The van der Waals surface area contributed by atoms with E-state index in [1.165, 1.54) is 13.2 Å². The number of amides is 1. The lowest BCUT2D eigenvalue weighted by atomic mass is 10.0. The highest BCUT2D eigenvalue weighted by molar-refractivity contribution is 5.97. The maximum absolute atomic E-state index is 15.4. The molecule has 0 aliphatic carbocycles. The van der Waals surface area contributed by atoms with Crippen LogP contribution >= 0.6 is 0 Å². The third-order valence-electron chi connectivity index (χ3n) is 7.96. The van der Waals surface area contributed by atoms with Gasteiger partial charge in [0.2, 0.25) is 0 Å². The number of aromatic nitrogens is 1. The Morgan fingerprint density at radius 2 is 1.98 bits per heavy atom. The van der Waals surface area contributed by atoms with Crippen molar-refractivity contribution in [3.8, 4) is 34.3 Å². The van der Waals surface area contributed by atoms with E-state index < -0.39 is 23.9 Å². The zero-order chi connectivity index (χ0) is 29.9. The number of piperidine rings is 1. The molecular formula is C32H31F2N5O4. The number of nitriles is 1. The first-order valence-electron chi connectivity index (χ1n) is 14.3. The van der Waals surface area contributed by atoms with Crippen molar-refractivity contribution in [1.29, 1.82) is 5.26 Å². The van der Waals surface area contributed by atoms with E-state index in [0.717, 1.165) is 12.8 Å². The number of alkyl halides is 1. The number of rotatable bonds is 7. The first-order chi connectivity index (χ1) is 20.9. The first-order valence-corrected chi connectivity index (χ1v) is 14.3. The van der Waals surface area contributed by atoms with Crippen LogP contribution < -0.4 is 20.7 Å². The van der Waals surface area contributed by atoms with Gasteiger partial charge in [-0.1, -0.05) is 0 Å². The van der Waals surface area contributed by atoms with Crippen LogP contribution in [0.5, 0.6) is 5.75 Å². The van der Waals surface area contributed by atoms with Crippen molar-refractivity contribution in [2.45, 2.75) is 37.5 Å². The molecule has 6 rings (SSSR count). The number of nitrogens with one attached hydrogen (secondary N) is 3. The van der Waals surface area contributed by atoms with Crippen LogP contribution in [0.3, 0.4) is 0 Å². The molecule has 0 unspecified atom stereocenters. The van der Waals surface area contributed by atoms with E-state index in [1.54, 1.807) is 42.6 Å². The van der Waals surface area contributed by atoms with Crippen LogP contribution in [0.4, 0.5) is 14.5 Å². The summed E-state index contributed by atoms with van der Waals surface area (Å²) in [6.07, 6.45) is 2.41. The van der Waals surface area contributed by atoms with Crippen LogP contribution in [-0.2, 0) is 4.74 Å². The lowest BCUT2D eigenvalue weighted by molar-refractivity contribution is 0.0891. The molecule has 2 aromatic carbocycles. The Bertz CT molecular complexity index is 1700. The van der Waals surface area contributed by atoms with Gasteiger partial charge in [-0.3, -0.25) is 9.78 Å². The lowest BCUT2D eigenvalue weighted by Gasteiger charge is -2.27. The van der Waals surface area contributed by atoms with Gasteiger partial charge in [0.15, 0.2) is 5.58 Å². The van der Waals surface area contributed by atoms with Crippen molar-refractivity contribution >= 4 is 22.7 Å². The van der Waals surface area contributed by atoms with Gasteiger partial charge in [0, 0.05) is 49.2 Å². The fourth-order valence-corrected chi connectivity index (χ4v) is 5.61. The number of ether oxygens (including phenoxy) is 2. The van der Waals surface area contributed by atoms with Gasteiger partial charge in [-0.25, -0.2) is 8.78 Å². The van der Waals surface area contributed by atoms with E-state index in [1.807, 2.05) is 0 Å². The van der Waals surface area contributed by atoms with Crippen LogP contribution in [0.15, 0.2) is 53.1 Å². The van der Waals surface area contributed by atoms with Crippen LogP contribution in [0.2, 0.25) is 0 Å². The van der Waals surface area contributed by atoms with Crippen LogP contribution in [0.25, 0.3) is 33.6 Å². The standard InChI is InChI=1S/C32H31F2N5O4/c1-41-28-14-18(32(40)39-26-5-8-36-17-25(26)34)2-3-23(28)29-15-27-31(43-29)22(4-9-37-27)19-12-20(16-35)30(24(33)13-19)38-21-6-10-42-11-7-21/h2-4,9,12-15,21,25-26,36,38H,5-8,10-11,17H2,1H3,(H,39,40)/t25-,26+/m0/s1. The molecule has 0 radical (unpaired) electrons. The second-order valence-electron chi connectivity index (χ2n) is 10.7. The monoisotopic (exact) mass is 587 g/mol. The molecule has 222 valence electrons. The second kappa shape index (κ2) is 12.4. The number of carbonyl (C=O) groups is 1. The van der Waals surface area contributed by atoms with Gasteiger partial charge < -0.3 is 29.8 Å². The number of hydrogen-bond donors (Lipinski definition) is 3. The summed E-state index contributed by atoms with van der Waals surface area (Å²) >= 11 is 0. The van der Waals surface area contributed by atoms with E-state index in [4.69, 9.17) is 13.9 Å². The molecule has 4 aromatic rings. The van der Waals surface area contributed by atoms with Gasteiger partial charge in [0.25, 0.3) is 5.91 Å². The molecule has 2 atom stereocenters. The highest BCUT2D eigenvalue weighted by Crippen LogP contribution is 2.39. The second-order valence-corrected chi connectivity index (χ2v) is 10.7. The van der Waals surface area contributed by atoms with E-state index >= 15 is 4.39 Å². The van der Waals surface area contributed by atoms with Crippen molar-refractivity contribution in [2.75, 3.05) is 38.7 Å². The smallest absolute Gasteiger partial charge is 0.251 e. The lowest BCUT2D eigenvalue weighted by Crippen LogP contribution is -2.50. The third kappa shape index (κ3) is 5.89. The number of pyridine rings is 1. The van der Waals surface area contributed by atoms with Gasteiger partial charge in [0.05, 0.1) is 30.0 Å². The molecule has 2 fully saturated rings. The fraction of sp³-hybridized carbons (Fsp3) is 0.344. The third-order valence-corrected chi connectivity index (χ3v) is 7.96. The van der Waals surface area contributed by atoms with Gasteiger partial charge in [-0.15, -0.1) is 0 Å². The van der Waals surface area contributed by atoms with E-state index in [-0.39, 0.29) is 23.8 Å². The number of furan rings is 1. The molecule has 0 saturated carbocycles. The molecule has 2 aromatic heterocycles. The van der Waals surface area contributed by atoms with Crippen LogP contribution in [0, 0.1) is 17.1 Å². The van der Waals surface area contributed by atoms with Crippen molar-refractivity contribution in [2.24, 2.45) is 0 Å². The van der Waals surface area contributed by atoms with Crippen molar-refractivity contribution in [1.82, 2.24) is 15.6 Å². The molecule has 2 aliphatic heterocycles. The van der Waals surface area contributed by atoms with Gasteiger partial charge >= 0.3 is 0 Å². The Balaban J connectivity index is 1.30. The molecular weight excluding hydrogens is 556 g/mol. The Hall–Kier alpha value is -4.53. The van der Waals surface area contributed by atoms with Gasteiger partial charge in [-0.2, -0.15) is 5.26 Å². The molecule has 4 heterocycles. The number of benzene rings is 2. The molecule has 2 aliphatic rings. The van der Waals surface area contributed by atoms with Crippen molar-refractivity contribution in [3.05, 3.63) is 65.6 Å². The number of carbonyl (C=O) groups excluding carboxylic acids is 1. The minimum Gasteiger partial charge on any atom is -0.496 e. The number of methoxy groups -OCH3 is 1. The first kappa shape index (κ1) is 28.6.